The lowest BCUT2D eigenvalue weighted by Crippen LogP contribution is -2.15. The number of hydrogen-bond acceptors (Lipinski definition) is 4. The highest BCUT2D eigenvalue weighted by Crippen LogP contribution is 2.25. The van der Waals surface area contributed by atoms with Gasteiger partial charge in [-0.05, 0) is 55.7 Å². The lowest BCUT2D eigenvalue weighted by molar-refractivity contribution is -0.116. The van der Waals surface area contributed by atoms with Gasteiger partial charge in [-0.3, -0.25) is 4.79 Å². The molecule has 0 aliphatic carbocycles. The van der Waals surface area contributed by atoms with E-state index in [4.69, 9.17) is 9.15 Å². The monoisotopic (exact) mass is 336 g/mol. The number of nitrogens with one attached hydrogen (secondary N) is 1. The van der Waals surface area contributed by atoms with Gasteiger partial charge in [0.2, 0.25) is 11.8 Å². The van der Waals surface area contributed by atoms with E-state index >= 15 is 0 Å². The fourth-order valence-electron chi connectivity index (χ4n) is 3.08. The van der Waals surface area contributed by atoms with Gasteiger partial charge in [0, 0.05) is 24.3 Å². The fraction of sp³-hybridized carbons (Fsp3) is 0.300. The van der Waals surface area contributed by atoms with Gasteiger partial charge < -0.3 is 14.5 Å². The van der Waals surface area contributed by atoms with Crippen molar-refractivity contribution in [2.75, 3.05) is 11.9 Å². The molecule has 5 heteroatoms. The summed E-state index contributed by atoms with van der Waals surface area (Å²) in [5.74, 6) is 0.600. The van der Waals surface area contributed by atoms with Gasteiger partial charge in [-0.25, -0.2) is 4.98 Å². The maximum Gasteiger partial charge on any atom is 0.227 e. The third-order valence-corrected chi connectivity index (χ3v) is 4.43. The standard InChI is InChI=1S/C20H20N2O3/c23-19(12-11-16-4-3-13-24-16)21-15-9-7-14(8-10-15)20-22-17-5-1-2-6-18(17)25-20/h1-2,5-10,16H,3-4,11-13H2,(H,21,23). The van der Waals surface area contributed by atoms with Crippen molar-refractivity contribution in [1.29, 1.82) is 0 Å². The van der Waals surface area contributed by atoms with E-state index in [0.29, 0.717) is 12.3 Å². The van der Waals surface area contributed by atoms with Crippen LogP contribution in [0.5, 0.6) is 0 Å². The van der Waals surface area contributed by atoms with Crippen molar-refractivity contribution in [1.82, 2.24) is 4.98 Å². The van der Waals surface area contributed by atoms with E-state index in [1.54, 1.807) is 0 Å². The molecule has 0 saturated carbocycles. The van der Waals surface area contributed by atoms with Crippen molar-refractivity contribution >= 4 is 22.7 Å². The molecule has 2 aromatic carbocycles. The third kappa shape index (κ3) is 3.72. The molecule has 1 amide bonds. The number of hydrogen-bond donors (Lipinski definition) is 1. The lowest BCUT2D eigenvalue weighted by Gasteiger charge is -2.09. The van der Waals surface area contributed by atoms with Gasteiger partial charge in [0.15, 0.2) is 5.58 Å². The van der Waals surface area contributed by atoms with E-state index in [-0.39, 0.29) is 12.0 Å². The average Bonchev–Trinajstić information content (AvgIpc) is 3.30. The largest absolute Gasteiger partial charge is 0.436 e. The summed E-state index contributed by atoms with van der Waals surface area (Å²) >= 11 is 0. The van der Waals surface area contributed by atoms with Gasteiger partial charge in [-0.1, -0.05) is 12.1 Å². The molecule has 1 saturated heterocycles. The van der Waals surface area contributed by atoms with Gasteiger partial charge >= 0.3 is 0 Å². The SMILES string of the molecule is O=C(CCC1CCCO1)Nc1ccc(-c2nc3ccccc3o2)cc1. The zero-order valence-corrected chi connectivity index (χ0v) is 13.9. The van der Waals surface area contributed by atoms with Crippen molar-refractivity contribution in [3.05, 3.63) is 48.5 Å². The molecule has 1 fully saturated rings. The molecule has 1 aromatic heterocycles. The predicted octanol–water partition coefficient (Wildman–Crippen LogP) is 4.39. The molecule has 0 bridgehead atoms. The molecule has 1 N–H and O–H groups in total. The van der Waals surface area contributed by atoms with Crippen LogP contribution < -0.4 is 5.32 Å². The number of rotatable bonds is 5. The summed E-state index contributed by atoms with van der Waals surface area (Å²) in [5, 5.41) is 2.93. The summed E-state index contributed by atoms with van der Waals surface area (Å²) in [4.78, 5) is 16.5. The Kier molecular flexibility index (Phi) is 4.48. The van der Waals surface area contributed by atoms with E-state index in [2.05, 4.69) is 10.3 Å². The molecule has 1 unspecified atom stereocenters. The van der Waals surface area contributed by atoms with Crippen LogP contribution >= 0.6 is 0 Å². The molecule has 1 aliphatic heterocycles. The highest BCUT2D eigenvalue weighted by molar-refractivity contribution is 5.91. The Morgan fingerprint density at radius 3 is 2.76 bits per heavy atom. The van der Waals surface area contributed by atoms with Crippen molar-refractivity contribution < 1.29 is 13.9 Å². The van der Waals surface area contributed by atoms with E-state index < -0.39 is 0 Å². The number of ether oxygens (including phenoxy) is 1. The minimum absolute atomic E-state index is 0.0186. The Morgan fingerprint density at radius 1 is 1.16 bits per heavy atom. The Balaban J connectivity index is 1.38. The van der Waals surface area contributed by atoms with Crippen LogP contribution in [0.1, 0.15) is 25.7 Å². The summed E-state index contributed by atoms with van der Waals surface area (Å²) < 4.78 is 11.3. The Morgan fingerprint density at radius 2 is 2.00 bits per heavy atom. The first kappa shape index (κ1) is 15.8. The van der Waals surface area contributed by atoms with Crippen LogP contribution in [0.3, 0.4) is 0 Å². The van der Waals surface area contributed by atoms with E-state index in [9.17, 15) is 4.79 Å². The van der Waals surface area contributed by atoms with Crippen LogP contribution in [-0.2, 0) is 9.53 Å². The highest BCUT2D eigenvalue weighted by atomic mass is 16.5. The van der Waals surface area contributed by atoms with Gasteiger partial charge in [0.25, 0.3) is 0 Å². The first-order valence-electron chi connectivity index (χ1n) is 8.65. The summed E-state index contributed by atoms with van der Waals surface area (Å²) in [6.45, 7) is 0.823. The molecular weight excluding hydrogens is 316 g/mol. The molecule has 0 spiro atoms. The molecule has 1 aliphatic rings. The zero-order chi connectivity index (χ0) is 17.1. The topological polar surface area (TPSA) is 64.4 Å². The summed E-state index contributed by atoms with van der Waals surface area (Å²) in [6, 6.07) is 15.2. The maximum absolute atomic E-state index is 12.0. The quantitative estimate of drug-likeness (QED) is 0.750. The minimum atomic E-state index is 0.0186. The van der Waals surface area contributed by atoms with Gasteiger partial charge in [-0.2, -0.15) is 0 Å². The molecule has 4 rings (SSSR count). The molecule has 25 heavy (non-hydrogen) atoms. The number of anilines is 1. The molecular formula is C20H20N2O3. The van der Waals surface area contributed by atoms with Crippen LogP contribution in [0, 0.1) is 0 Å². The maximum atomic E-state index is 12.0. The molecule has 2 heterocycles. The molecule has 1 atom stereocenters. The van der Waals surface area contributed by atoms with Crippen molar-refractivity contribution in [2.24, 2.45) is 0 Å². The summed E-state index contributed by atoms with van der Waals surface area (Å²) in [6.07, 6.45) is 3.67. The third-order valence-electron chi connectivity index (χ3n) is 4.43. The number of amides is 1. The van der Waals surface area contributed by atoms with Crippen molar-refractivity contribution in [2.45, 2.75) is 31.8 Å². The van der Waals surface area contributed by atoms with Crippen LogP contribution in [-0.4, -0.2) is 23.6 Å². The second-order valence-corrected chi connectivity index (χ2v) is 6.29. The summed E-state index contributed by atoms with van der Waals surface area (Å²) in [7, 11) is 0. The number of fused-ring (bicyclic) bond motifs is 1. The Labute approximate surface area is 146 Å². The highest BCUT2D eigenvalue weighted by Gasteiger charge is 2.16. The van der Waals surface area contributed by atoms with Crippen molar-refractivity contribution in [3.63, 3.8) is 0 Å². The van der Waals surface area contributed by atoms with Crippen molar-refractivity contribution in [3.8, 4) is 11.5 Å². The first-order valence-corrected chi connectivity index (χ1v) is 8.65. The Hall–Kier alpha value is -2.66. The van der Waals surface area contributed by atoms with Crippen LogP contribution in [0.25, 0.3) is 22.6 Å². The van der Waals surface area contributed by atoms with Gasteiger partial charge in [-0.15, -0.1) is 0 Å². The number of oxazole rings is 1. The van der Waals surface area contributed by atoms with Gasteiger partial charge in [0.1, 0.15) is 5.52 Å². The summed E-state index contributed by atoms with van der Waals surface area (Å²) in [5.41, 5.74) is 3.26. The second-order valence-electron chi connectivity index (χ2n) is 6.29. The number of aromatic nitrogens is 1. The molecule has 3 aromatic rings. The predicted molar refractivity (Wildman–Crippen MR) is 96.3 cm³/mol. The molecule has 5 nitrogen and oxygen atoms in total. The zero-order valence-electron chi connectivity index (χ0n) is 13.9. The number of nitrogens with zero attached hydrogens (tertiary/aromatic N) is 1. The van der Waals surface area contributed by atoms with Crippen LogP contribution in [0.15, 0.2) is 52.9 Å². The van der Waals surface area contributed by atoms with Crippen LogP contribution in [0.4, 0.5) is 5.69 Å². The van der Waals surface area contributed by atoms with E-state index in [1.807, 2.05) is 48.5 Å². The average molecular weight is 336 g/mol. The number of para-hydroxylation sites is 2. The smallest absolute Gasteiger partial charge is 0.227 e. The first-order chi connectivity index (χ1) is 12.3. The Bertz CT molecular complexity index is 831. The minimum Gasteiger partial charge on any atom is -0.436 e. The van der Waals surface area contributed by atoms with E-state index in [0.717, 1.165) is 48.2 Å². The van der Waals surface area contributed by atoms with E-state index in [1.165, 1.54) is 0 Å². The fourth-order valence-corrected chi connectivity index (χ4v) is 3.08. The number of carbonyl (C=O) groups excluding carboxylic acids is 1. The molecule has 0 radical (unpaired) electrons. The number of carbonyl (C=O) groups is 1. The van der Waals surface area contributed by atoms with Gasteiger partial charge in [0.05, 0.1) is 6.10 Å². The lowest BCUT2D eigenvalue weighted by atomic mass is 10.1. The molecule has 128 valence electrons. The second kappa shape index (κ2) is 7.07. The van der Waals surface area contributed by atoms with Crippen LogP contribution in [0.2, 0.25) is 0 Å². The normalized spacial score (nSPS) is 17.0. The number of benzene rings is 2.